The van der Waals surface area contributed by atoms with Gasteiger partial charge in [-0.1, -0.05) is 61.4 Å². The molecule has 0 aromatic heterocycles. The van der Waals surface area contributed by atoms with Gasteiger partial charge >= 0.3 is 5.97 Å². The van der Waals surface area contributed by atoms with Crippen LogP contribution in [0.4, 0.5) is 10.1 Å². The molecule has 2 aliphatic carbocycles. The Morgan fingerprint density at radius 3 is 2.36 bits per heavy atom. The lowest BCUT2D eigenvalue weighted by molar-refractivity contribution is -0.161. The highest BCUT2D eigenvalue weighted by atomic mass is 19.1. The fourth-order valence-electron chi connectivity index (χ4n) is 6.55. The molecule has 246 valence electrons. The van der Waals surface area contributed by atoms with Gasteiger partial charge in [0.2, 0.25) is 11.8 Å². The number of benzene rings is 3. The molecule has 3 aromatic rings. The third-order valence-electron chi connectivity index (χ3n) is 9.19. The Balaban J connectivity index is 1.17. The highest BCUT2D eigenvalue weighted by molar-refractivity contribution is 5.98. The number of carbonyl (C=O) groups is 3. The van der Waals surface area contributed by atoms with Crippen LogP contribution in [0.2, 0.25) is 0 Å². The van der Waals surface area contributed by atoms with Gasteiger partial charge in [-0.25, -0.2) is 9.40 Å². The number of halogens is 1. The lowest BCUT2D eigenvalue weighted by atomic mass is 9.83. The van der Waals surface area contributed by atoms with E-state index in [1.54, 1.807) is 12.1 Å². The number of amides is 2. The second kappa shape index (κ2) is 13.3. The fourth-order valence-corrected chi connectivity index (χ4v) is 6.55. The molecule has 1 atom stereocenters. The normalized spacial score (nSPS) is 18.3. The minimum atomic E-state index is -0.596. The number of carbonyl (C=O) groups excluding carboxylic acids is 3. The Hall–Kier alpha value is -4.53. The fraction of sp³-hybridized carbons (Fsp3) is 0.421. The van der Waals surface area contributed by atoms with Crippen molar-refractivity contribution in [2.75, 3.05) is 11.9 Å². The molecule has 0 radical (unpaired) electrons. The van der Waals surface area contributed by atoms with Crippen molar-refractivity contribution in [3.63, 3.8) is 0 Å². The standard InChI is InChI=1S/C38H42FN3O5/c1-37(2,3)47-36(45)38(19-20-38)22-26-15-18-30(39)31(21-26)40-34(44)33(27-9-7-8-10-27)28-16-13-25(14-17-28)23-42-32(43)24-46-35(41-42)29-11-5-4-6-12-29/h4-6,11-18,21,27,33H,7-10,19-20,22-24H2,1-3H3,(H,40,44). The van der Waals surface area contributed by atoms with Crippen molar-refractivity contribution in [3.8, 4) is 0 Å². The quantitative estimate of drug-likeness (QED) is 0.238. The van der Waals surface area contributed by atoms with E-state index in [1.165, 1.54) is 11.1 Å². The van der Waals surface area contributed by atoms with Crippen LogP contribution < -0.4 is 5.32 Å². The molecule has 3 aliphatic rings. The number of hydrogen-bond acceptors (Lipinski definition) is 6. The van der Waals surface area contributed by atoms with E-state index in [9.17, 15) is 14.4 Å². The Morgan fingerprint density at radius 2 is 1.70 bits per heavy atom. The van der Waals surface area contributed by atoms with E-state index < -0.39 is 22.8 Å². The number of ether oxygens (including phenoxy) is 2. The first-order valence-corrected chi connectivity index (χ1v) is 16.5. The van der Waals surface area contributed by atoms with Crippen molar-refractivity contribution in [1.29, 1.82) is 0 Å². The number of nitrogens with zero attached hydrogens (tertiary/aromatic N) is 2. The van der Waals surface area contributed by atoms with Gasteiger partial charge in [-0.2, -0.15) is 0 Å². The van der Waals surface area contributed by atoms with Crippen LogP contribution in [0.15, 0.2) is 77.9 Å². The molecular weight excluding hydrogens is 597 g/mol. The lowest BCUT2D eigenvalue weighted by Gasteiger charge is -2.25. The second-order valence-electron chi connectivity index (χ2n) is 14.0. The molecule has 0 bridgehead atoms. The molecule has 2 fully saturated rings. The van der Waals surface area contributed by atoms with Crippen LogP contribution in [0, 0.1) is 17.2 Å². The van der Waals surface area contributed by atoms with Crippen LogP contribution in [0.3, 0.4) is 0 Å². The number of hydrogen-bond donors (Lipinski definition) is 1. The van der Waals surface area contributed by atoms with Crippen molar-refractivity contribution >= 4 is 29.4 Å². The molecule has 3 aromatic carbocycles. The number of anilines is 1. The van der Waals surface area contributed by atoms with Crippen LogP contribution >= 0.6 is 0 Å². The Bertz CT molecular complexity index is 1650. The molecular formula is C38H42FN3O5. The van der Waals surface area contributed by atoms with Gasteiger partial charge in [0.1, 0.15) is 11.4 Å². The first-order chi connectivity index (χ1) is 22.5. The minimum absolute atomic E-state index is 0.0878. The maximum atomic E-state index is 15.1. The summed E-state index contributed by atoms with van der Waals surface area (Å²) in [6.45, 7) is 5.73. The summed E-state index contributed by atoms with van der Waals surface area (Å²) in [5, 5.41) is 8.74. The van der Waals surface area contributed by atoms with Crippen molar-refractivity contribution in [2.45, 2.75) is 83.8 Å². The van der Waals surface area contributed by atoms with Crippen molar-refractivity contribution in [1.82, 2.24) is 5.01 Å². The predicted molar refractivity (Wildman–Crippen MR) is 177 cm³/mol. The van der Waals surface area contributed by atoms with E-state index >= 15 is 4.39 Å². The topological polar surface area (TPSA) is 97.3 Å². The highest BCUT2D eigenvalue weighted by Crippen LogP contribution is 2.50. The van der Waals surface area contributed by atoms with Crippen LogP contribution in [0.1, 0.15) is 87.5 Å². The maximum absolute atomic E-state index is 15.1. The molecule has 47 heavy (non-hydrogen) atoms. The second-order valence-corrected chi connectivity index (χ2v) is 14.0. The van der Waals surface area contributed by atoms with Crippen LogP contribution in [0.25, 0.3) is 0 Å². The van der Waals surface area contributed by atoms with E-state index in [-0.39, 0.29) is 42.5 Å². The summed E-state index contributed by atoms with van der Waals surface area (Å²) in [5.41, 5.74) is 2.22. The Labute approximate surface area is 275 Å². The average Bonchev–Trinajstić information content (AvgIpc) is 3.63. The zero-order valence-corrected chi connectivity index (χ0v) is 27.3. The van der Waals surface area contributed by atoms with Crippen molar-refractivity contribution in [2.24, 2.45) is 16.4 Å². The first kappa shape index (κ1) is 32.4. The van der Waals surface area contributed by atoms with E-state index in [0.29, 0.717) is 12.3 Å². The molecule has 2 saturated carbocycles. The number of hydrazone groups is 1. The highest BCUT2D eigenvalue weighted by Gasteiger charge is 2.52. The SMILES string of the molecule is CC(C)(C)OC(=O)C1(Cc2ccc(F)c(NC(=O)C(c3ccc(CN4N=C(c5ccccc5)OCC4=O)cc3)C3CCCC3)c2)CC1. The summed E-state index contributed by atoms with van der Waals surface area (Å²) in [5.74, 6) is -1.17. The summed E-state index contributed by atoms with van der Waals surface area (Å²) in [6, 6.07) is 21.8. The molecule has 0 spiro atoms. The third kappa shape index (κ3) is 7.72. The maximum Gasteiger partial charge on any atom is 0.312 e. The van der Waals surface area contributed by atoms with Crippen molar-refractivity contribution < 1.29 is 28.2 Å². The Kier molecular flexibility index (Phi) is 9.17. The van der Waals surface area contributed by atoms with Crippen LogP contribution in [-0.4, -0.2) is 40.9 Å². The summed E-state index contributed by atoms with van der Waals surface area (Å²) in [4.78, 5) is 39.4. The third-order valence-corrected chi connectivity index (χ3v) is 9.19. The van der Waals surface area contributed by atoms with Gasteiger partial charge in [-0.3, -0.25) is 14.4 Å². The van der Waals surface area contributed by atoms with E-state index in [1.807, 2.05) is 75.4 Å². The van der Waals surface area contributed by atoms with Crippen LogP contribution in [-0.2, 0) is 36.8 Å². The Morgan fingerprint density at radius 1 is 1.02 bits per heavy atom. The molecule has 9 heteroatoms. The lowest BCUT2D eigenvalue weighted by Crippen LogP contribution is -2.36. The zero-order chi connectivity index (χ0) is 33.2. The van der Waals surface area contributed by atoms with E-state index in [4.69, 9.17) is 9.47 Å². The number of nitrogens with one attached hydrogen (secondary N) is 1. The first-order valence-electron chi connectivity index (χ1n) is 16.5. The zero-order valence-electron chi connectivity index (χ0n) is 27.3. The summed E-state index contributed by atoms with van der Waals surface area (Å²) >= 11 is 0. The molecule has 1 N–H and O–H groups in total. The van der Waals surface area contributed by atoms with Gasteiger partial charge in [0.25, 0.3) is 5.91 Å². The largest absolute Gasteiger partial charge is 0.466 e. The van der Waals surface area contributed by atoms with Gasteiger partial charge in [-0.15, -0.1) is 5.10 Å². The van der Waals surface area contributed by atoms with Crippen LogP contribution in [0.5, 0.6) is 0 Å². The van der Waals surface area contributed by atoms with Gasteiger partial charge in [-0.05, 0) is 99.7 Å². The summed E-state index contributed by atoms with van der Waals surface area (Å²) < 4.78 is 26.3. The minimum Gasteiger partial charge on any atom is -0.466 e. The molecule has 2 amide bonds. The summed E-state index contributed by atoms with van der Waals surface area (Å²) in [6.07, 6.45) is 5.80. The number of rotatable bonds is 10. The summed E-state index contributed by atoms with van der Waals surface area (Å²) in [7, 11) is 0. The van der Waals surface area contributed by atoms with Crippen molar-refractivity contribution in [3.05, 3.63) is 101 Å². The monoisotopic (exact) mass is 639 g/mol. The van der Waals surface area contributed by atoms with Gasteiger partial charge in [0.15, 0.2) is 6.61 Å². The predicted octanol–water partition coefficient (Wildman–Crippen LogP) is 7.12. The van der Waals surface area contributed by atoms with Gasteiger partial charge < -0.3 is 14.8 Å². The molecule has 8 nitrogen and oxygen atoms in total. The molecule has 6 rings (SSSR count). The molecule has 1 aliphatic heterocycles. The molecule has 1 heterocycles. The van der Waals surface area contributed by atoms with E-state index in [2.05, 4.69) is 10.4 Å². The molecule has 0 saturated heterocycles. The van der Waals surface area contributed by atoms with Gasteiger partial charge in [0.05, 0.1) is 23.6 Å². The van der Waals surface area contributed by atoms with Gasteiger partial charge in [0, 0.05) is 5.56 Å². The molecule has 1 unspecified atom stereocenters. The smallest absolute Gasteiger partial charge is 0.312 e. The number of esters is 1. The average molecular weight is 640 g/mol. The van der Waals surface area contributed by atoms with E-state index in [0.717, 1.165) is 60.8 Å².